The van der Waals surface area contributed by atoms with E-state index in [0.29, 0.717) is 17.1 Å². The zero-order chi connectivity index (χ0) is 13.9. The fourth-order valence-electron chi connectivity index (χ4n) is 2.40. The van der Waals surface area contributed by atoms with Crippen molar-refractivity contribution in [3.05, 3.63) is 34.3 Å². The van der Waals surface area contributed by atoms with Crippen molar-refractivity contribution in [3.8, 4) is 0 Å². The highest BCUT2D eigenvalue weighted by Gasteiger charge is 2.27. The summed E-state index contributed by atoms with van der Waals surface area (Å²) >= 11 is 6.04. The summed E-state index contributed by atoms with van der Waals surface area (Å²) < 4.78 is 0. The van der Waals surface area contributed by atoms with Crippen molar-refractivity contribution >= 4 is 17.5 Å². The largest absolute Gasteiger partial charge is 0.351 e. The summed E-state index contributed by atoms with van der Waals surface area (Å²) in [6, 6.07) is 5.42. The third kappa shape index (κ3) is 3.71. The van der Waals surface area contributed by atoms with Crippen molar-refractivity contribution in [2.75, 3.05) is 19.6 Å². The Hall–Kier alpha value is -1.06. The minimum absolute atomic E-state index is 0.0475. The Labute approximate surface area is 119 Å². The van der Waals surface area contributed by atoms with Crippen molar-refractivity contribution in [2.24, 2.45) is 5.41 Å². The van der Waals surface area contributed by atoms with Crippen LogP contribution in [0.3, 0.4) is 0 Å². The van der Waals surface area contributed by atoms with Crippen LogP contribution in [-0.2, 0) is 0 Å². The molecule has 1 unspecified atom stereocenters. The van der Waals surface area contributed by atoms with E-state index in [1.54, 1.807) is 6.07 Å². The molecule has 0 spiro atoms. The van der Waals surface area contributed by atoms with Gasteiger partial charge in [0.2, 0.25) is 0 Å². The molecule has 104 valence electrons. The van der Waals surface area contributed by atoms with E-state index in [9.17, 15) is 4.79 Å². The summed E-state index contributed by atoms with van der Waals surface area (Å²) in [6.45, 7) is 6.88. The average molecular weight is 281 g/mol. The summed E-state index contributed by atoms with van der Waals surface area (Å²) in [5.41, 5.74) is 1.77. The number of benzene rings is 1. The SMILES string of the molecule is Cc1ccc(C(=O)NCC2(C)CCCNC2)cc1Cl. The van der Waals surface area contributed by atoms with E-state index < -0.39 is 0 Å². The lowest BCUT2D eigenvalue weighted by atomic mass is 9.83. The number of aryl methyl sites for hydroxylation is 1. The minimum atomic E-state index is -0.0475. The topological polar surface area (TPSA) is 41.1 Å². The summed E-state index contributed by atoms with van der Waals surface area (Å²) in [5, 5.41) is 7.04. The summed E-state index contributed by atoms with van der Waals surface area (Å²) in [6.07, 6.45) is 2.32. The average Bonchev–Trinajstić information content (AvgIpc) is 2.40. The Morgan fingerprint density at radius 1 is 1.53 bits per heavy atom. The van der Waals surface area contributed by atoms with Gasteiger partial charge in [-0.3, -0.25) is 4.79 Å². The van der Waals surface area contributed by atoms with Crippen molar-refractivity contribution in [1.82, 2.24) is 10.6 Å². The van der Waals surface area contributed by atoms with Gasteiger partial charge in [-0.15, -0.1) is 0 Å². The van der Waals surface area contributed by atoms with Crippen molar-refractivity contribution in [2.45, 2.75) is 26.7 Å². The lowest BCUT2D eigenvalue weighted by Crippen LogP contribution is -2.45. The van der Waals surface area contributed by atoms with Gasteiger partial charge in [0, 0.05) is 23.7 Å². The maximum absolute atomic E-state index is 12.1. The normalized spacial score (nSPS) is 23.1. The molecule has 1 heterocycles. The highest BCUT2D eigenvalue weighted by molar-refractivity contribution is 6.31. The van der Waals surface area contributed by atoms with Gasteiger partial charge >= 0.3 is 0 Å². The molecule has 1 aliphatic heterocycles. The van der Waals surface area contributed by atoms with Crippen LogP contribution in [0.25, 0.3) is 0 Å². The molecular formula is C15H21ClN2O. The van der Waals surface area contributed by atoms with E-state index in [0.717, 1.165) is 25.1 Å². The van der Waals surface area contributed by atoms with Crippen LogP contribution in [0.1, 0.15) is 35.7 Å². The van der Waals surface area contributed by atoms with Crippen molar-refractivity contribution in [1.29, 1.82) is 0 Å². The molecule has 2 rings (SSSR count). The third-order valence-electron chi connectivity index (χ3n) is 3.80. The highest BCUT2D eigenvalue weighted by atomic mass is 35.5. The Bertz CT molecular complexity index is 467. The molecule has 1 aliphatic rings. The summed E-state index contributed by atoms with van der Waals surface area (Å²) in [4.78, 5) is 12.1. The lowest BCUT2D eigenvalue weighted by Gasteiger charge is -2.34. The molecule has 3 nitrogen and oxygen atoms in total. The van der Waals surface area contributed by atoms with Crippen LogP contribution in [0.5, 0.6) is 0 Å². The van der Waals surface area contributed by atoms with Crippen molar-refractivity contribution in [3.63, 3.8) is 0 Å². The molecule has 4 heteroatoms. The second kappa shape index (κ2) is 5.93. The smallest absolute Gasteiger partial charge is 0.251 e. The molecule has 1 fully saturated rings. The number of halogens is 1. The zero-order valence-corrected chi connectivity index (χ0v) is 12.3. The van der Waals surface area contributed by atoms with Crippen LogP contribution in [-0.4, -0.2) is 25.5 Å². The van der Waals surface area contributed by atoms with E-state index in [1.807, 2.05) is 19.1 Å². The molecular weight excluding hydrogens is 260 g/mol. The van der Waals surface area contributed by atoms with Gasteiger partial charge in [0.05, 0.1) is 0 Å². The highest BCUT2D eigenvalue weighted by Crippen LogP contribution is 2.24. The number of hydrogen-bond acceptors (Lipinski definition) is 2. The molecule has 1 saturated heterocycles. The maximum Gasteiger partial charge on any atom is 0.251 e. The third-order valence-corrected chi connectivity index (χ3v) is 4.20. The van der Waals surface area contributed by atoms with Gasteiger partial charge in [0.1, 0.15) is 0 Å². The van der Waals surface area contributed by atoms with Crippen molar-refractivity contribution < 1.29 is 4.79 Å². The van der Waals surface area contributed by atoms with Gasteiger partial charge in [-0.1, -0.05) is 24.6 Å². The molecule has 19 heavy (non-hydrogen) atoms. The molecule has 1 aromatic carbocycles. The predicted molar refractivity (Wildman–Crippen MR) is 78.7 cm³/mol. The second-order valence-corrected chi connectivity index (χ2v) is 6.14. The number of rotatable bonds is 3. The molecule has 1 atom stereocenters. The van der Waals surface area contributed by atoms with E-state index in [4.69, 9.17) is 11.6 Å². The number of amides is 1. The molecule has 0 saturated carbocycles. The van der Waals surface area contributed by atoms with Gasteiger partial charge in [-0.2, -0.15) is 0 Å². The van der Waals surface area contributed by atoms with Gasteiger partial charge in [0.15, 0.2) is 0 Å². The van der Waals surface area contributed by atoms with E-state index in [1.165, 1.54) is 6.42 Å². The molecule has 1 aromatic rings. The number of piperidine rings is 1. The maximum atomic E-state index is 12.1. The monoisotopic (exact) mass is 280 g/mol. The Balaban J connectivity index is 1.95. The van der Waals surface area contributed by atoms with Crippen LogP contribution in [0.4, 0.5) is 0 Å². The molecule has 0 aliphatic carbocycles. The first-order chi connectivity index (χ1) is 9.00. The van der Waals surface area contributed by atoms with E-state index in [2.05, 4.69) is 17.6 Å². The first kappa shape index (κ1) is 14.4. The second-order valence-electron chi connectivity index (χ2n) is 5.74. The first-order valence-corrected chi connectivity index (χ1v) is 7.13. The molecule has 0 aromatic heterocycles. The standard InChI is InChI=1S/C15H21ClN2O/c1-11-4-5-12(8-13(11)16)14(19)18-10-15(2)6-3-7-17-9-15/h4-5,8,17H,3,6-7,9-10H2,1-2H3,(H,18,19). The molecule has 0 radical (unpaired) electrons. The first-order valence-electron chi connectivity index (χ1n) is 6.75. The van der Waals surface area contributed by atoms with Gasteiger partial charge in [-0.05, 0) is 49.4 Å². The Morgan fingerprint density at radius 3 is 2.95 bits per heavy atom. The number of carbonyl (C=O) groups excluding carboxylic acids is 1. The quantitative estimate of drug-likeness (QED) is 0.894. The van der Waals surface area contributed by atoms with E-state index >= 15 is 0 Å². The van der Waals surface area contributed by atoms with Crippen LogP contribution in [0.2, 0.25) is 5.02 Å². The van der Waals surface area contributed by atoms with Gasteiger partial charge < -0.3 is 10.6 Å². The van der Waals surface area contributed by atoms with Crippen LogP contribution >= 0.6 is 11.6 Å². The summed E-state index contributed by atoms with van der Waals surface area (Å²) in [5.74, 6) is -0.0475. The molecule has 1 amide bonds. The van der Waals surface area contributed by atoms with Crippen LogP contribution in [0, 0.1) is 12.3 Å². The zero-order valence-electron chi connectivity index (χ0n) is 11.6. The Morgan fingerprint density at radius 2 is 2.32 bits per heavy atom. The lowest BCUT2D eigenvalue weighted by molar-refractivity contribution is 0.0924. The fraction of sp³-hybridized carbons (Fsp3) is 0.533. The van der Waals surface area contributed by atoms with Gasteiger partial charge in [0.25, 0.3) is 5.91 Å². The van der Waals surface area contributed by atoms with E-state index in [-0.39, 0.29) is 11.3 Å². The number of carbonyl (C=O) groups is 1. The van der Waals surface area contributed by atoms with Gasteiger partial charge in [-0.25, -0.2) is 0 Å². The molecule has 2 N–H and O–H groups in total. The fourth-order valence-corrected chi connectivity index (χ4v) is 2.58. The minimum Gasteiger partial charge on any atom is -0.351 e. The number of hydrogen-bond donors (Lipinski definition) is 2. The predicted octanol–water partition coefficient (Wildman–Crippen LogP) is 2.77. The summed E-state index contributed by atoms with van der Waals surface area (Å²) in [7, 11) is 0. The van der Waals surface area contributed by atoms with Crippen LogP contribution < -0.4 is 10.6 Å². The van der Waals surface area contributed by atoms with Crippen LogP contribution in [0.15, 0.2) is 18.2 Å². The molecule has 0 bridgehead atoms. The number of nitrogens with one attached hydrogen (secondary N) is 2. The Kier molecular flexibility index (Phi) is 4.48.